The van der Waals surface area contributed by atoms with E-state index >= 15 is 0 Å². The summed E-state index contributed by atoms with van der Waals surface area (Å²) < 4.78 is 28.1. The van der Waals surface area contributed by atoms with E-state index < -0.39 is 10.0 Å². The van der Waals surface area contributed by atoms with Crippen LogP contribution in [0.1, 0.15) is 6.42 Å². The van der Waals surface area contributed by atoms with Crippen LogP contribution in [0.5, 0.6) is 5.75 Å². The lowest BCUT2D eigenvalue weighted by atomic mass is 10.1. The Bertz CT molecular complexity index is 632. The highest BCUT2D eigenvalue weighted by Crippen LogP contribution is 2.32. The molecule has 1 fully saturated rings. The lowest BCUT2D eigenvalue weighted by Gasteiger charge is -2.17. The molecule has 1 amide bonds. The molecule has 1 unspecified atom stereocenters. The van der Waals surface area contributed by atoms with Crippen LogP contribution < -0.4 is 14.8 Å². The Morgan fingerprint density at radius 3 is 2.75 bits per heavy atom. The first-order valence-electron chi connectivity index (χ1n) is 5.94. The first kappa shape index (κ1) is 15.3. The van der Waals surface area contributed by atoms with E-state index in [2.05, 4.69) is 15.9 Å². The number of anilines is 1. The molecule has 1 saturated heterocycles. The first-order chi connectivity index (χ1) is 9.30. The van der Waals surface area contributed by atoms with Crippen molar-refractivity contribution in [3.63, 3.8) is 0 Å². The second kappa shape index (κ2) is 5.71. The van der Waals surface area contributed by atoms with E-state index in [1.165, 1.54) is 0 Å². The van der Waals surface area contributed by atoms with Gasteiger partial charge in [-0.15, -0.1) is 0 Å². The van der Waals surface area contributed by atoms with Crippen molar-refractivity contribution in [3.8, 4) is 5.75 Å². The van der Waals surface area contributed by atoms with Crippen LogP contribution in [0.4, 0.5) is 5.69 Å². The van der Waals surface area contributed by atoms with Gasteiger partial charge in [0, 0.05) is 24.6 Å². The third kappa shape index (κ3) is 3.50. The number of hydrogen-bond acceptors (Lipinski definition) is 4. The summed E-state index contributed by atoms with van der Waals surface area (Å²) in [5.41, 5.74) is 0.708. The molecule has 0 aliphatic carbocycles. The van der Waals surface area contributed by atoms with E-state index in [1.54, 1.807) is 30.2 Å². The van der Waals surface area contributed by atoms with Crippen molar-refractivity contribution < 1.29 is 17.9 Å². The molecule has 1 atom stereocenters. The molecule has 2 rings (SSSR count). The Labute approximate surface area is 126 Å². The summed E-state index contributed by atoms with van der Waals surface area (Å²) in [5, 5.41) is 5.03. The number of primary sulfonamides is 1. The number of rotatable bonds is 4. The van der Waals surface area contributed by atoms with Gasteiger partial charge in [0.2, 0.25) is 15.9 Å². The van der Waals surface area contributed by atoms with E-state index in [0.29, 0.717) is 18.0 Å². The van der Waals surface area contributed by atoms with Gasteiger partial charge in [-0.3, -0.25) is 4.79 Å². The summed E-state index contributed by atoms with van der Waals surface area (Å²) in [6, 6.07) is 5.29. The molecule has 1 heterocycles. The number of nitrogens with zero attached hydrogens (tertiary/aromatic N) is 1. The molecule has 0 bridgehead atoms. The predicted octanol–water partition coefficient (Wildman–Crippen LogP) is 1.10. The highest BCUT2D eigenvalue weighted by molar-refractivity contribution is 9.10. The molecule has 2 N–H and O–H groups in total. The minimum atomic E-state index is -3.56. The molecule has 0 spiro atoms. The summed E-state index contributed by atoms with van der Waals surface area (Å²) in [6.07, 6.45) is 0.195. The smallest absolute Gasteiger partial charge is 0.227 e. The predicted molar refractivity (Wildman–Crippen MR) is 79.1 cm³/mol. The summed E-state index contributed by atoms with van der Waals surface area (Å²) in [5.74, 6) is 0.127. The van der Waals surface area contributed by atoms with Crippen molar-refractivity contribution in [1.29, 1.82) is 0 Å². The van der Waals surface area contributed by atoms with Crippen LogP contribution in [0.15, 0.2) is 22.7 Å². The van der Waals surface area contributed by atoms with Gasteiger partial charge in [-0.05, 0) is 34.1 Å². The average molecular weight is 363 g/mol. The molecule has 20 heavy (non-hydrogen) atoms. The molecule has 1 aromatic rings. The second-order valence-corrected chi connectivity index (χ2v) is 7.24. The summed E-state index contributed by atoms with van der Waals surface area (Å²) >= 11 is 3.36. The molecule has 0 radical (unpaired) electrons. The van der Waals surface area contributed by atoms with E-state index in [-0.39, 0.29) is 24.0 Å². The van der Waals surface area contributed by atoms with Crippen LogP contribution in [0, 0.1) is 5.92 Å². The quantitative estimate of drug-likeness (QED) is 0.868. The number of halogens is 1. The third-order valence-electron chi connectivity index (χ3n) is 3.12. The fourth-order valence-electron chi connectivity index (χ4n) is 2.29. The van der Waals surface area contributed by atoms with Crippen LogP contribution in [-0.4, -0.2) is 33.7 Å². The van der Waals surface area contributed by atoms with Gasteiger partial charge in [-0.1, -0.05) is 0 Å². The molecule has 110 valence electrons. The SMILES string of the molecule is COc1ccc(N2CC(CS(N)(=O)=O)CC2=O)cc1Br. The van der Waals surface area contributed by atoms with Gasteiger partial charge in [-0.25, -0.2) is 13.6 Å². The Morgan fingerprint density at radius 1 is 1.50 bits per heavy atom. The number of amides is 1. The van der Waals surface area contributed by atoms with E-state index in [0.717, 1.165) is 4.47 Å². The largest absolute Gasteiger partial charge is 0.496 e. The highest BCUT2D eigenvalue weighted by Gasteiger charge is 2.32. The number of ether oxygens (including phenoxy) is 1. The van der Waals surface area contributed by atoms with Gasteiger partial charge in [0.05, 0.1) is 17.3 Å². The van der Waals surface area contributed by atoms with Crippen molar-refractivity contribution in [2.45, 2.75) is 6.42 Å². The van der Waals surface area contributed by atoms with Gasteiger partial charge in [0.1, 0.15) is 5.75 Å². The van der Waals surface area contributed by atoms with Crippen LogP contribution in [0.25, 0.3) is 0 Å². The first-order valence-corrected chi connectivity index (χ1v) is 8.45. The molecule has 6 nitrogen and oxygen atoms in total. The third-order valence-corrected chi connectivity index (χ3v) is 4.68. The van der Waals surface area contributed by atoms with Crippen molar-refractivity contribution in [1.82, 2.24) is 0 Å². The Kier molecular flexibility index (Phi) is 4.36. The molecule has 8 heteroatoms. The zero-order chi connectivity index (χ0) is 14.9. The van der Waals surface area contributed by atoms with Crippen LogP contribution in [0.2, 0.25) is 0 Å². The van der Waals surface area contributed by atoms with Crippen molar-refractivity contribution in [2.75, 3.05) is 24.3 Å². The number of hydrogen-bond donors (Lipinski definition) is 1. The number of methoxy groups -OCH3 is 1. The Hall–Kier alpha value is -1.12. The van der Waals surface area contributed by atoms with Gasteiger partial charge in [0.25, 0.3) is 0 Å². The number of benzene rings is 1. The Morgan fingerprint density at radius 2 is 2.20 bits per heavy atom. The van der Waals surface area contributed by atoms with Gasteiger partial charge in [0.15, 0.2) is 0 Å². The summed E-state index contributed by atoms with van der Waals surface area (Å²) in [6.45, 7) is 0.355. The maximum atomic E-state index is 12.0. The summed E-state index contributed by atoms with van der Waals surface area (Å²) in [7, 11) is -2.01. The lowest BCUT2D eigenvalue weighted by molar-refractivity contribution is -0.117. The molecular weight excluding hydrogens is 348 g/mol. The Balaban J connectivity index is 2.18. The van der Waals surface area contributed by atoms with E-state index in [4.69, 9.17) is 9.88 Å². The second-order valence-electron chi connectivity index (χ2n) is 4.72. The van der Waals surface area contributed by atoms with E-state index in [9.17, 15) is 13.2 Å². The number of sulfonamides is 1. The van der Waals surface area contributed by atoms with Crippen molar-refractivity contribution in [3.05, 3.63) is 22.7 Å². The minimum Gasteiger partial charge on any atom is -0.496 e. The molecule has 1 aromatic carbocycles. The monoisotopic (exact) mass is 362 g/mol. The number of carbonyl (C=O) groups excluding carboxylic acids is 1. The van der Waals surface area contributed by atoms with Crippen molar-refractivity contribution in [2.24, 2.45) is 11.1 Å². The standard InChI is InChI=1S/C12H15BrN2O4S/c1-19-11-3-2-9(5-10(11)13)15-6-8(4-12(15)16)7-20(14,17)18/h2-3,5,8H,4,6-7H2,1H3,(H2,14,17,18). The van der Waals surface area contributed by atoms with Gasteiger partial charge in [-0.2, -0.15) is 0 Å². The molecular formula is C12H15BrN2O4S. The average Bonchev–Trinajstić information content (AvgIpc) is 2.67. The maximum absolute atomic E-state index is 12.0. The van der Waals surface area contributed by atoms with E-state index in [1.807, 2.05) is 0 Å². The number of carbonyl (C=O) groups is 1. The summed E-state index contributed by atoms with van der Waals surface area (Å²) in [4.78, 5) is 13.5. The van der Waals surface area contributed by atoms with Crippen LogP contribution >= 0.6 is 15.9 Å². The van der Waals surface area contributed by atoms with Gasteiger partial charge < -0.3 is 9.64 Å². The van der Waals surface area contributed by atoms with Crippen LogP contribution in [-0.2, 0) is 14.8 Å². The molecule has 0 saturated carbocycles. The van der Waals surface area contributed by atoms with Gasteiger partial charge >= 0.3 is 0 Å². The normalized spacial score (nSPS) is 19.4. The zero-order valence-electron chi connectivity index (χ0n) is 10.9. The lowest BCUT2D eigenvalue weighted by Crippen LogP contribution is -2.27. The molecule has 1 aliphatic heterocycles. The maximum Gasteiger partial charge on any atom is 0.227 e. The number of nitrogens with two attached hydrogens (primary N) is 1. The highest BCUT2D eigenvalue weighted by atomic mass is 79.9. The molecule has 1 aliphatic rings. The zero-order valence-corrected chi connectivity index (χ0v) is 13.3. The topological polar surface area (TPSA) is 89.7 Å². The molecule has 0 aromatic heterocycles. The fraction of sp³-hybridized carbons (Fsp3) is 0.417. The minimum absolute atomic E-state index is 0.101. The van der Waals surface area contributed by atoms with Crippen LogP contribution in [0.3, 0.4) is 0 Å². The fourth-order valence-corrected chi connectivity index (χ4v) is 3.70. The van der Waals surface area contributed by atoms with Crippen molar-refractivity contribution >= 4 is 37.5 Å².